The second-order valence-electron chi connectivity index (χ2n) is 7.56. The molecule has 7 nitrogen and oxygen atoms in total. The molecule has 0 radical (unpaired) electrons. The summed E-state index contributed by atoms with van der Waals surface area (Å²) in [6.07, 6.45) is 5.00. The predicted molar refractivity (Wildman–Crippen MR) is 90.8 cm³/mol. The lowest BCUT2D eigenvalue weighted by atomic mass is 9.83. The lowest BCUT2D eigenvalue weighted by Gasteiger charge is -2.49. The fourth-order valence-corrected chi connectivity index (χ4v) is 6.25. The van der Waals surface area contributed by atoms with E-state index in [0.29, 0.717) is 31.8 Å². The van der Waals surface area contributed by atoms with Crippen LogP contribution >= 0.6 is 0 Å². The summed E-state index contributed by atoms with van der Waals surface area (Å²) in [7, 11) is -3.21. The van der Waals surface area contributed by atoms with E-state index in [-0.39, 0.29) is 30.2 Å². The summed E-state index contributed by atoms with van der Waals surface area (Å²) in [5, 5.41) is 0. The van der Waals surface area contributed by atoms with Gasteiger partial charge in [0, 0.05) is 37.3 Å². The first-order chi connectivity index (χ1) is 11.9. The molecule has 0 N–H and O–H groups in total. The van der Waals surface area contributed by atoms with Crippen LogP contribution < -0.4 is 4.74 Å². The van der Waals surface area contributed by atoms with E-state index in [9.17, 15) is 13.2 Å². The largest absolute Gasteiger partial charge is 0.463 e. The zero-order chi connectivity index (χ0) is 17.7. The molecule has 1 aromatic rings. The van der Waals surface area contributed by atoms with Crippen LogP contribution in [-0.4, -0.2) is 59.4 Å². The zero-order valence-electron chi connectivity index (χ0n) is 14.3. The summed E-state index contributed by atoms with van der Waals surface area (Å²) >= 11 is 0. The molecule has 0 aromatic carbocycles. The molecule has 4 rings (SSSR count). The van der Waals surface area contributed by atoms with Crippen molar-refractivity contribution in [3.05, 3.63) is 18.0 Å². The molecule has 1 spiro atoms. The molecule has 3 heterocycles. The van der Waals surface area contributed by atoms with Gasteiger partial charge in [0.25, 0.3) is 0 Å². The van der Waals surface area contributed by atoms with Gasteiger partial charge in [-0.15, -0.1) is 0 Å². The Balaban J connectivity index is 1.42. The quantitative estimate of drug-likeness (QED) is 0.773. The van der Waals surface area contributed by atoms with Crippen molar-refractivity contribution in [1.29, 1.82) is 0 Å². The second-order valence-corrected chi connectivity index (χ2v) is 10.0. The standard InChI is InChI=1S/C17H23N3O4S/c1-12-4-6-18-16(19-12)24-9-14-5-7-25(22,23)17(14)10-20(11-17)15(21)8-13-2-3-13/h4,6,13-14H,2-3,5,7-11H2,1H3/t14-/m1/s1. The Morgan fingerprint density at radius 3 is 2.80 bits per heavy atom. The van der Waals surface area contributed by atoms with Gasteiger partial charge in [0.15, 0.2) is 9.84 Å². The van der Waals surface area contributed by atoms with Crippen LogP contribution in [0, 0.1) is 18.8 Å². The Bertz CT molecular complexity index is 785. The number of nitrogens with zero attached hydrogens (tertiary/aromatic N) is 3. The molecule has 25 heavy (non-hydrogen) atoms. The van der Waals surface area contributed by atoms with Crippen LogP contribution in [0.5, 0.6) is 6.01 Å². The minimum absolute atomic E-state index is 0.0944. The van der Waals surface area contributed by atoms with Gasteiger partial charge in [0.2, 0.25) is 5.91 Å². The van der Waals surface area contributed by atoms with Crippen molar-refractivity contribution in [3.8, 4) is 6.01 Å². The Labute approximate surface area is 147 Å². The van der Waals surface area contributed by atoms with Crippen molar-refractivity contribution >= 4 is 15.7 Å². The first kappa shape index (κ1) is 16.8. The van der Waals surface area contributed by atoms with Gasteiger partial charge in [-0.05, 0) is 38.2 Å². The summed E-state index contributed by atoms with van der Waals surface area (Å²) < 4.78 is 30.1. The maximum atomic E-state index is 12.6. The van der Waals surface area contributed by atoms with Crippen LogP contribution in [0.3, 0.4) is 0 Å². The minimum Gasteiger partial charge on any atom is -0.463 e. The highest BCUT2D eigenvalue weighted by atomic mass is 32.2. The summed E-state index contributed by atoms with van der Waals surface area (Å²) in [5.41, 5.74) is 0.805. The number of hydrogen-bond donors (Lipinski definition) is 0. The Hall–Kier alpha value is -1.70. The molecule has 1 atom stereocenters. The number of carbonyl (C=O) groups is 1. The Morgan fingerprint density at radius 2 is 2.12 bits per heavy atom. The average Bonchev–Trinajstić information content (AvgIpc) is 3.27. The maximum absolute atomic E-state index is 12.6. The van der Waals surface area contributed by atoms with E-state index in [2.05, 4.69) is 9.97 Å². The molecule has 3 aliphatic rings. The third-order valence-electron chi connectivity index (χ3n) is 5.71. The second kappa shape index (κ2) is 5.93. The van der Waals surface area contributed by atoms with Gasteiger partial charge in [-0.25, -0.2) is 18.4 Å². The van der Waals surface area contributed by atoms with Gasteiger partial charge >= 0.3 is 6.01 Å². The number of sulfone groups is 1. The van der Waals surface area contributed by atoms with Gasteiger partial charge in [-0.2, -0.15) is 0 Å². The SMILES string of the molecule is Cc1ccnc(OC[C@H]2CCS(=O)(=O)C23CN(C(=O)CC2CC2)C3)n1. The van der Waals surface area contributed by atoms with Gasteiger partial charge in [0.05, 0.1) is 12.4 Å². The molecule has 1 amide bonds. The van der Waals surface area contributed by atoms with Crippen LogP contribution in [0.2, 0.25) is 0 Å². The lowest BCUT2D eigenvalue weighted by Crippen LogP contribution is -2.69. The highest BCUT2D eigenvalue weighted by molar-refractivity contribution is 7.93. The molecule has 0 bridgehead atoms. The monoisotopic (exact) mass is 365 g/mol. The lowest BCUT2D eigenvalue weighted by molar-refractivity contribution is -0.138. The molecule has 3 fully saturated rings. The van der Waals surface area contributed by atoms with E-state index in [1.807, 2.05) is 6.92 Å². The topological polar surface area (TPSA) is 89.5 Å². The molecule has 1 saturated carbocycles. The number of rotatable bonds is 5. The molecule has 136 valence electrons. The Kier molecular flexibility index (Phi) is 3.97. The number of aromatic nitrogens is 2. The van der Waals surface area contributed by atoms with Crippen molar-refractivity contribution in [3.63, 3.8) is 0 Å². The van der Waals surface area contributed by atoms with E-state index in [4.69, 9.17) is 4.74 Å². The summed E-state index contributed by atoms with van der Waals surface area (Å²) in [5.74, 6) is 0.658. The fourth-order valence-electron chi connectivity index (χ4n) is 3.85. The summed E-state index contributed by atoms with van der Waals surface area (Å²) in [6.45, 7) is 2.74. The summed E-state index contributed by atoms with van der Waals surface area (Å²) in [6, 6.07) is 2.06. The molecule has 0 unspecified atom stereocenters. The fraction of sp³-hybridized carbons (Fsp3) is 0.706. The molecule has 1 aromatic heterocycles. The van der Waals surface area contributed by atoms with Gasteiger partial charge in [0.1, 0.15) is 4.75 Å². The van der Waals surface area contributed by atoms with E-state index in [1.54, 1.807) is 17.2 Å². The van der Waals surface area contributed by atoms with Crippen LogP contribution in [-0.2, 0) is 14.6 Å². The smallest absolute Gasteiger partial charge is 0.316 e. The highest BCUT2D eigenvalue weighted by Gasteiger charge is 2.62. The molecular weight excluding hydrogens is 342 g/mol. The van der Waals surface area contributed by atoms with Crippen molar-refractivity contribution in [2.24, 2.45) is 11.8 Å². The molecule has 2 saturated heterocycles. The molecule has 2 aliphatic heterocycles. The number of amides is 1. The number of ether oxygens (including phenoxy) is 1. The normalized spacial score (nSPS) is 26.4. The van der Waals surface area contributed by atoms with Crippen LogP contribution in [0.25, 0.3) is 0 Å². The third-order valence-corrected chi connectivity index (χ3v) is 8.32. The number of hydrogen-bond acceptors (Lipinski definition) is 6. The third kappa shape index (κ3) is 3.01. The van der Waals surface area contributed by atoms with Crippen molar-refractivity contribution < 1.29 is 17.9 Å². The number of carbonyl (C=O) groups excluding carboxylic acids is 1. The first-order valence-corrected chi connectivity index (χ1v) is 10.5. The molecular formula is C17H23N3O4S. The molecule has 8 heteroatoms. The van der Waals surface area contributed by atoms with Crippen molar-refractivity contribution in [1.82, 2.24) is 14.9 Å². The van der Waals surface area contributed by atoms with Gasteiger partial charge < -0.3 is 9.64 Å². The van der Waals surface area contributed by atoms with Gasteiger partial charge in [-0.3, -0.25) is 4.79 Å². The number of likely N-dealkylation sites (tertiary alicyclic amines) is 1. The average molecular weight is 365 g/mol. The van der Waals surface area contributed by atoms with E-state index in [0.717, 1.165) is 18.5 Å². The highest BCUT2D eigenvalue weighted by Crippen LogP contribution is 2.45. The van der Waals surface area contributed by atoms with Crippen LogP contribution in [0.4, 0.5) is 0 Å². The first-order valence-electron chi connectivity index (χ1n) is 8.82. The van der Waals surface area contributed by atoms with Gasteiger partial charge in [-0.1, -0.05) is 0 Å². The summed E-state index contributed by atoms with van der Waals surface area (Å²) in [4.78, 5) is 22.2. The number of aryl methyl sites for hydroxylation is 1. The molecule has 1 aliphatic carbocycles. The predicted octanol–water partition coefficient (Wildman–Crippen LogP) is 0.980. The maximum Gasteiger partial charge on any atom is 0.316 e. The van der Waals surface area contributed by atoms with Crippen molar-refractivity contribution in [2.45, 2.75) is 37.4 Å². The Morgan fingerprint density at radius 1 is 1.36 bits per heavy atom. The van der Waals surface area contributed by atoms with E-state index < -0.39 is 14.6 Å². The zero-order valence-corrected chi connectivity index (χ0v) is 15.2. The van der Waals surface area contributed by atoms with Crippen LogP contribution in [0.1, 0.15) is 31.4 Å². The van der Waals surface area contributed by atoms with Crippen LogP contribution in [0.15, 0.2) is 12.3 Å². The van der Waals surface area contributed by atoms with Crippen molar-refractivity contribution in [2.75, 3.05) is 25.4 Å². The van der Waals surface area contributed by atoms with E-state index >= 15 is 0 Å². The van der Waals surface area contributed by atoms with E-state index in [1.165, 1.54) is 0 Å². The minimum atomic E-state index is -3.21.